The number of nitrogens with zero attached hydrogens (tertiary/aromatic N) is 1. The van der Waals surface area contributed by atoms with Gasteiger partial charge in [-0.25, -0.2) is 0 Å². The van der Waals surface area contributed by atoms with Crippen molar-refractivity contribution in [2.24, 2.45) is 0 Å². The molecule has 1 aromatic carbocycles. The van der Waals surface area contributed by atoms with Crippen molar-refractivity contribution in [2.45, 2.75) is 37.6 Å². The molecule has 2 fully saturated rings. The van der Waals surface area contributed by atoms with Crippen LogP contribution >= 0.6 is 0 Å². The number of methoxy groups -OCH3 is 1. The fourth-order valence-corrected chi connectivity index (χ4v) is 3.26. The Labute approximate surface area is 118 Å². The Bertz CT molecular complexity index is 523. The number of piperidine rings is 2. The van der Waals surface area contributed by atoms with E-state index >= 15 is 0 Å². The molecule has 2 aliphatic heterocycles. The highest BCUT2D eigenvalue weighted by Crippen LogP contribution is 2.33. The highest BCUT2D eigenvalue weighted by molar-refractivity contribution is 5.90. The van der Waals surface area contributed by atoms with Crippen molar-refractivity contribution < 1.29 is 14.3 Å². The van der Waals surface area contributed by atoms with E-state index in [4.69, 9.17) is 4.74 Å². The van der Waals surface area contributed by atoms with Crippen molar-refractivity contribution in [2.75, 3.05) is 13.7 Å². The summed E-state index contributed by atoms with van der Waals surface area (Å²) in [5.74, 6) is 1.06. The largest absolute Gasteiger partial charge is 0.497 e. The lowest BCUT2D eigenvalue weighted by Gasteiger charge is -2.41. The maximum absolute atomic E-state index is 12.3. The summed E-state index contributed by atoms with van der Waals surface area (Å²) in [5.41, 5.74) is 0.979. The number of amides is 1. The van der Waals surface area contributed by atoms with Crippen LogP contribution in [0.5, 0.6) is 5.75 Å². The lowest BCUT2D eigenvalue weighted by Crippen LogP contribution is -2.51. The summed E-state index contributed by atoms with van der Waals surface area (Å²) in [6.07, 6.45) is 3.01. The molecule has 0 unspecified atom stereocenters. The second kappa shape index (κ2) is 5.27. The molecule has 2 heterocycles. The highest BCUT2D eigenvalue weighted by atomic mass is 16.5. The third kappa shape index (κ3) is 2.30. The maximum atomic E-state index is 12.3. The van der Waals surface area contributed by atoms with E-state index in [1.54, 1.807) is 7.11 Å². The standard InChI is InChI=1S/C16H19NO3/c1-20-13-7-5-11(6-8-13)14-10-17-12(9-15(14)18)3-2-4-16(17)19/h5-8,12,14H,2-4,9-10H2,1H3/t12-,14-/m0/s1. The van der Waals surface area contributed by atoms with Crippen molar-refractivity contribution in [1.82, 2.24) is 4.90 Å². The number of rotatable bonds is 2. The molecule has 1 amide bonds. The normalized spacial score (nSPS) is 26.4. The summed E-state index contributed by atoms with van der Waals surface area (Å²) < 4.78 is 5.14. The molecule has 0 aliphatic carbocycles. The topological polar surface area (TPSA) is 46.6 Å². The van der Waals surface area contributed by atoms with Gasteiger partial charge in [0.2, 0.25) is 5.91 Å². The zero-order valence-electron chi connectivity index (χ0n) is 11.7. The lowest BCUT2D eigenvalue weighted by molar-refractivity contribution is -0.142. The van der Waals surface area contributed by atoms with Crippen LogP contribution in [-0.4, -0.2) is 36.3 Å². The number of carbonyl (C=O) groups excluding carboxylic acids is 2. The van der Waals surface area contributed by atoms with Gasteiger partial charge in [0.05, 0.1) is 13.0 Å². The third-order valence-electron chi connectivity index (χ3n) is 4.41. The monoisotopic (exact) mass is 273 g/mol. The molecule has 2 saturated heterocycles. The number of benzene rings is 1. The summed E-state index contributed by atoms with van der Waals surface area (Å²) in [5, 5.41) is 0. The summed E-state index contributed by atoms with van der Waals surface area (Å²) in [6, 6.07) is 7.73. The van der Waals surface area contributed by atoms with E-state index in [-0.39, 0.29) is 23.7 Å². The Balaban J connectivity index is 1.82. The van der Waals surface area contributed by atoms with Crippen LogP contribution in [0.25, 0.3) is 0 Å². The molecular formula is C16H19NO3. The first-order valence-corrected chi connectivity index (χ1v) is 7.15. The zero-order chi connectivity index (χ0) is 14.1. The van der Waals surface area contributed by atoms with Crippen molar-refractivity contribution in [3.8, 4) is 5.75 Å². The first-order chi connectivity index (χ1) is 9.69. The predicted octanol–water partition coefficient (Wildman–Crippen LogP) is 2.13. The van der Waals surface area contributed by atoms with Crippen LogP contribution in [0.3, 0.4) is 0 Å². The van der Waals surface area contributed by atoms with E-state index in [1.165, 1.54) is 0 Å². The molecule has 0 saturated carbocycles. The Kier molecular flexibility index (Phi) is 3.47. The number of Topliss-reactive ketones (excluding diaryl/α,β-unsaturated/α-hetero) is 1. The van der Waals surface area contributed by atoms with Crippen molar-refractivity contribution in [3.63, 3.8) is 0 Å². The van der Waals surface area contributed by atoms with E-state index in [0.717, 1.165) is 24.2 Å². The van der Waals surface area contributed by atoms with Crippen molar-refractivity contribution >= 4 is 11.7 Å². The Morgan fingerprint density at radius 3 is 2.65 bits per heavy atom. The van der Waals surface area contributed by atoms with Crippen LogP contribution in [-0.2, 0) is 9.59 Å². The number of hydrogen-bond donors (Lipinski definition) is 0. The third-order valence-corrected chi connectivity index (χ3v) is 4.41. The van der Waals surface area contributed by atoms with Crippen molar-refractivity contribution in [1.29, 1.82) is 0 Å². The van der Waals surface area contributed by atoms with Gasteiger partial charge in [0, 0.05) is 25.4 Å². The van der Waals surface area contributed by atoms with E-state index < -0.39 is 0 Å². The average molecular weight is 273 g/mol. The van der Waals surface area contributed by atoms with E-state index in [1.807, 2.05) is 29.2 Å². The number of carbonyl (C=O) groups is 2. The molecule has 0 spiro atoms. The quantitative estimate of drug-likeness (QED) is 0.829. The van der Waals surface area contributed by atoms with Crippen LogP contribution < -0.4 is 4.74 Å². The van der Waals surface area contributed by atoms with Crippen LogP contribution in [0.1, 0.15) is 37.2 Å². The molecule has 3 rings (SSSR count). The molecule has 1 aromatic rings. The molecule has 0 aromatic heterocycles. The van der Waals surface area contributed by atoms with Crippen LogP contribution in [0, 0.1) is 0 Å². The zero-order valence-corrected chi connectivity index (χ0v) is 11.7. The van der Waals surface area contributed by atoms with E-state index in [2.05, 4.69) is 0 Å². The SMILES string of the molecule is COc1ccc([C@@H]2CN3C(=O)CCC[C@H]3CC2=O)cc1. The number of ketones is 1. The fraction of sp³-hybridized carbons (Fsp3) is 0.500. The first-order valence-electron chi connectivity index (χ1n) is 7.15. The van der Waals surface area contributed by atoms with Gasteiger partial charge in [-0.1, -0.05) is 12.1 Å². The Morgan fingerprint density at radius 2 is 1.95 bits per heavy atom. The molecule has 2 aliphatic rings. The molecule has 0 bridgehead atoms. The second-order valence-electron chi connectivity index (χ2n) is 5.59. The molecule has 20 heavy (non-hydrogen) atoms. The molecule has 2 atom stereocenters. The Morgan fingerprint density at radius 1 is 1.20 bits per heavy atom. The van der Waals surface area contributed by atoms with Gasteiger partial charge in [-0.05, 0) is 30.5 Å². The van der Waals surface area contributed by atoms with E-state index in [9.17, 15) is 9.59 Å². The average Bonchev–Trinajstić information content (AvgIpc) is 2.47. The molecule has 106 valence electrons. The number of fused-ring (bicyclic) bond motifs is 1. The van der Waals surface area contributed by atoms with Gasteiger partial charge >= 0.3 is 0 Å². The smallest absolute Gasteiger partial charge is 0.222 e. The summed E-state index contributed by atoms with van der Waals surface area (Å²) in [7, 11) is 1.62. The first kappa shape index (κ1) is 13.2. The van der Waals surface area contributed by atoms with Gasteiger partial charge in [0.1, 0.15) is 11.5 Å². The van der Waals surface area contributed by atoms with Gasteiger partial charge in [0.25, 0.3) is 0 Å². The molecule has 4 heteroatoms. The predicted molar refractivity (Wildman–Crippen MR) is 74.7 cm³/mol. The van der Waals surface area contributed by atoms with Gasteiger partial charge in [0.15, 0.2) is 0 Å². The van der Waals surface area contributed by atoms with Crippen molar-refractivity contribution in [3.05, 3.63) is 29.8 Å². The van der Waals surface area contributed by atoms with Gasteiger partial charge < -0.3 is 9.64 Å². The molecule has 0 radical (unpaired) electrons. The highest BCUT2D eigenvalue weighted by Gasteiger charge is 2.38. The minimum Gasteiger partial charge on any atom is -0.497 e. The minimum absolute atomic E-state index is 0.137. The van der Waals surface area contributed by atoms with E-state index in [0.29, 0.717) is 19.4 Å². The number of hydrogen-bond acceptors (Lipinski definition) is 3. The summed E-state index contributed by atoms with van der Waals surface area (Å²) >= 11 is 0. The fourth-order valence-electron chi connectivity index (χ4n) is 3.26. The minimum atomic E-state index is -0.181. The second-order valence-corrected chi connectivity index (χ2v) is 5.59. The molecule has 4 nitrogen and oxygen atoms in total. The van der Waals surface area contributed by atoms with Crippen LogP contribution in [0.4, 0.5) is 0 Å². The summed E-state index contributed by atoms with van der Waals surface area (Å²) in [6.45, 7) is 0.536. The lowest BCUT2D eigenvalue weighted by atomic mass is 9.83. The molecule has 0 N–H and O–H groups in total. The Hall–Kier alpha value is -1.84. The van der Waals surface area contributed by atoms with Crippen LogP contribution in [0.2, 0.25) is 0 Å². The van der Waals surface area contributed by atoms with Crippen LogP contribution in [0.15, 0.2) is 24.3 Å². The van der Waals surface area contributed by atoms with Gasteiger partial charge in [-0.15, -0.1) is 0 Å². The number of ether oxygens (including phenoxy) is 1. The van der Waals surface area contributed by atoms with Gasteiger partial charge in [-0.3, -0.25) is 9.59 Å². The molecular weight excluding hydrogens is 254 g/mol. The maximum Gasteiger partial charge on any atom is 0.222 e. The summed E-state index contributed by atoms with van der Waals surface area (Å²) in [4.78, 5) is 26.3. The van der Waals surface area contributed by atoms with Gasteiger partial charge in [-0.2, -0.15) is 0 Å².